The molecule has 0 unspecified atom stereocenters. The summed E-state index contributed by atoms with van der Waals surface area (Å²) < 4.78 is 1.87. The van der Waals surface area contributed by atoms with Gasteiger partial charge in [-0.25, -0.2) is 4.68 Å². The summed E-state index contributed by atoms with van der Waals surface area (Å²) in [6.45, 7) is 0.384. The van der Waals surface area contributed by atoms with E-state index in [1.807, 2.05) is 28.3 Å². The van der Waals surface area contributed by atoms with Gasteiger partial charge in [0.1, 0.15) is 11.4 Å². The highest BCUT2D eigenvalue weighted by Crippen LogP contribution is 2.29. The van der Waals surface area contributed by atoms with Gasteiger partial charge in [0.15, 0.2) is 0 Å². The van der Waals surface area contributed by atoms with Crippen LogP contribution in [0.2, 0.25) is 0 Å². The van der Waals surface area contributed by atoms with Gasteiger partial charge in [0, 0.05) is 11.4 Å². The molecule has 0 saturated heterocycles. The summed E-state index contributed by atoms with van der Waals surface area (Å²) in [7, 11) is 0. The monoisotopic (exact) mass is 302 g/mol. The van der Waals surface area contributed by atoms with E-state index >= 15 is 0 Å². The number of hydrogen-bond donors (Lipinski definition) is 1. The van der Waals surface area contributed by atoms with Crippen molar-refractivity contribution < 1.29 is 0 Å². The molecule has 2 aromatic heterocycles. The van der Waals surface area contributed by atoms with Crippen molar-refractivity contribution in [3.63, 3.8) is 0 Å². The first-order valence-electron chi connectivity index (χ1n) is 6.16. The van der Waals surface area contributed by atoms with Crippen LogP contribution in [0.15, 0.2) is 46.7 Å². The number of thioether (sulfide) groups is 1. The summed E-state index contributed by atoms with van der Waals surface area (Å²) in [5, 5.41) is 10.5. The molecule has 2 N–H and O–H groups in total. The number of benzene rings is 1. The fraction of sp³-hybridized carbons (Fsp3) is 0.143. The molecule has 0 aliphatic heterocycles. The van der Waals surface area contributed by atoms with Crippen LogP contribution in [-0.2, 0) is 6.54 Å². The topological polar surface area (TPSA) is 56.7 Å². The minimum atomic E-state index is 0.384. The minimum absolute atomic E-state index is 0.384. The third-order valence-electron chi connectivity index (χ3n) is 2.99. The van der Waals surface area contributed by atoms with Crippen molar-refractivity contribution in [2.24, 2.45) is 5.73 Å². The van der Waals surface area contributed by atoms with E-state index in [9.17, 15) is 0 Å². The highest BCUT2D eigenvalue weighted by molar-refractivity contribution is 7.98. The number of hydrogen-bond acceptors (Lipinski definition) is 5. The van der Waals surface area contributed by atoms with Crippen molar-refractivity contribution in [1.29, 1.82) is 0 Å². The molecule has 0 aliphatic carbocycles. The van der Waals surface area contributed by atoms with Gasteiger partial charge in [-0.2, -0.15) is 0 Å². The normalized spacial score (nSPS) is 10.9. The smallest absolute Gasteiger partial charge is 0.109 e. The number of nitrogens with zero attached hydrogens (tertiary/aromatic N) is 3. The summed E-state index contributed by atoms with van der Waals surface area (Å²) >= 11 is 3.38. The van der Waals surface area contributed by atoms with Gasteiger partial charge in [0.05, 0.1) is 10.6 Å². The molecule has 0 atom stereocenters. The zero-order valence-electron chi connectivity index (χ0n) is 11.0. The molecule has 102 valence electrons. The first kappa shape index (κ1) is 13.4. The van der Waals surface area contributed by atoms with Gasteiger partial charge in [-0.1, -0.05) is 17.3 Å². The quantitative estimate of drug-likeness (QED) is 0.752. The Balaban J connectivity index is 2.16. The molecule has 0 amide bonds. The average molecular weight is 302 g/mol. The Morgan fingerprint density at radius 3 is 2.90 bits per heavy atom. The van der Waals surface area contributed by atoms with Gasteiger partial charge in [-0.3, -0.25) is 0 Å². The first-order valence-corrected chi connectivity index (χ1v) is 8.27. The molecule has 0 radical (unpaired) electrons. The van der Waals surface area contributed by atoms with E-state index in [0.29, 0.717) is 6.54 Å². The second-order valence-electron chi connectivity index (χ2n) is 4.18. The highest BCUT2D eigenvalue weighted by Gasteiger charge is 2.16. The molecule has 3 rings (SSSR count). The van der Waals surface area contributed by atoms with Gasteiger partial charge in [0.25, 0.3) is 0 Å². The lowest BCUT2D eigenvalue weighted by Gasteiger charge is -2.07. The fourth-order valence-corrected chi connectivity index (χ4v) is 3.26. The number of aromatic nitrogens is 3. The standard InChI is InChI=1S/C14H14N4S2/c1-19-11-5-2-4-10(8-11)18-14(12(9-15)16-17-18)13-6-3-7-20-13/h2-8H,9,15H2,1H3. The number of rotatable bonds is 4. The lowest BCUT2D eigenvalue weighted by Crippen LogP contribution is -2.01. The van der Waals surface area contributed by atoms with Crippen LogP contribution in [0.1, 0.15) is 5.69 Å². The van der Waals surface area contributed by atoms with Crippen LogP contribution in [-0.4, -0.2) is 21.2 Å². The molecule has 4 nitrogen and oxygen atoms in total. The molecule has 0 saturated carbocycles. The van der Waals surface area contributed by atoms with Crippen LogP contribution >= 0.6 is 23.1 Å². The van der Waals surface area contributed by atoms with Crippen LogP contribution in [0.3, 0.4) is 0 Å². The number of nitrogens with two attached hydrogens (primary N) is 1. The molecule has 0 spiro atoms. The molecule has 0 fully saturated rings. The zero-order chi connectivity index (χ0) is 13.9. The van der Waals surface area contributed by atoms with E-state index in [4.69, 9.17) is 5.73 Å². The second kappa shape index (κ2) is 5.78. The van der Waals surface area contributed by atoms with Crippen molar-refractivity contribution in [2.75, 3.05) is 6.26 Å². The summed E-state index contributed by atoms with van der Waals surface area (Å²) in [4.78, 5) is 2.33. The molecule has 1 aromatic carbocycles. The van der Waals surface area contributed by atoms with E-state index in [1.165, 1.54) is 4.90 Å². The maximum atomic E-state index is 5.79. The molecule has 6 heteroatoms. The largest absolute Gasteiger partial charge is 0.325 e. The van der Waals surface area contributed by atoms with Gasteiger partial charge in [-0.05, 0) is 35.9 Å². The minimum Gasteiger partial charge on any atom is -0.325 e. The average Bonchev–Trinajstić information content (AvgIpc) is 3.15. The van der Waals surface area contributed by atoms with Crippen molar-refractivity contribution in [1.82, 2.24) is 15.0 Å². The van der Waals surface area contributed by atoms with E-state index in [0.717, 1.165) is 22.0 Å². The first-order chi connectivity index (χ1) is 9.83. The molecular weight excluding hydrogens is 288 g/mol. The van der Waals surface area contributed by atoms with Crippen molar-refractivity contribution in [3.8, 4) is 16.3 Å². The van der Waals surface area contributed by atoms with E-state index in [2.05, 4.69) is 34.8 Å². The van der Waals surface area contributed by atoms with Crippen molar-refractivity contribution in [3.05, 3.63) is 47.5 Å². The Labute approximate surface area is 125 Å². The van der Waals surface area contributed by atoms with Crippen LogP contribution in [0, 0.1) is 0 Å². The summed E-state index contributed by atoms with van der Waals surface area (Å²) in [6.07, 6.45) is 2.06. The molecule has 0 bridgehead atoms. The number of thiophene rings is 1. The van der Waals surface area contributed by atoms with Gasteiger partial charge in [0.2, 0.25) is 0 Å². The van der Waals surface area contributed by atoms with Crippen LogP contribution in [0.5, 0.6) is 0 Å². The molecule has 20 heavy (non-hydrogen) atoms. The molecular formula is C14H14N4S2. The molecule has 2 heterocycles. The second-order valence-corrected chi connectivity index (χ2v) is 6.01. The summed E-state index contributed by atoms with van der Waals surface area (Å²) in [5.41, 5.74) is 8.60. The Morgan fingerprint density at radius 1 is 1.30 bits per heavy atom. The van der Waals surface area contributed by atoms with E-state index in [1.54, 1.807) is 23.1 Å². The Bertz CT molecular complexity index is 704. The predicted molar refractivity (Wildman–Crippen MR) is 84.3 cm³/mol. The van der Waals surface area contributed by atoms with E-state index in [-0.39, 0.29) is 0 Å². The Kier molecular flexibility index (Phi) is 3.86. The van der Waals surface area contributed by atoms with Crippen molar-refractivity contribution in [2.45, 2.75) is 11.4 Å². The zero-order valence-corrected chi connectivity index (χ0v) is 12.6. The third kappa shape index (κ3) is 2.37. The maximum Gasteiger partial charge on any atom is 0.109 e. The van der Waals surface area contributed by atoms with Gasteiger partial charge < -0.3 is 5.73 Å². The summed E-state index contributed by atoms with van der Waals surface area (Å²) in [5.74, 6) is 0. The van der Waals surface area contributed by atoms with Gasteiger partial charge >= 0.3 is 0 Å². The third-order valence-corrected chi connectivity index (χ3v) is 4.59. The lowest BCUT2D eigenvalue weighted by molar-refractivity contribution is 0.799. The highest BCUT2D eigenvalue weighted by atomic mass is 32.2. The molecule has 0 aliphatic rings. The predicted octanol–water partition coefficient (Wildman–Crippen LogP) is 3.18. The SMILES string of the molecule is CSc1cccc(-n2nnc(CN)c2-c2cccs2)c1. The maximum absolute atomic E-state index is 5.79. The van der Waals surface area contributed by atoms with Crippen LogP contribution < -0.4 is 5.73 Å². The van der Waals surface area contributed by atoms with Crippen LogP contribution in [0.4, 0.5) is 0 Å². The van der Waals surface area contributed by atoms with Crippen molar-refractivity contribution >= 4 is 23.1 Å². The Hall–Kier alpha value is -1.63. The lowest BCUT2D eigenvalue weighted by atomic mass is 10.2. The molecule has 3 aromatic rings. The fourth-order valence-electron chi connectivity index (χ4n) is 2.03. The van der Waals surface area contributed by atoms with Crippen LogP contribution in [0.25, 0.3) is 16.3 Å². The van der Waals surface area contributed by atoms with Gasteiger partial charge in [-0.15, -0.1) is 28.2 Å². The summed E-state index contributed by atoms with van der Waals surface area (Å²) in [6, 6.07) is 12.3. The van der Waals surface area contributed by atoms with E-state index < -0.39 is 0 Å². The Morgan fingerprint density at radius 2 is 2.20 bits per heavy atom.